The summed E-state index contributed by atoms with van der Waals surface area (Å²) in [6.07, 6.45) is 2.91. The van der Waals surface area contributed by atoms with Crippen LogP contribution in [0.15, 0.2) is 52.2 Å². The highest BCUT2D eigenvalue weighted by molar-refractivity contribution is 7.89. The number of rotatable bonds is 4. The molecule has 0 spiro atoms. The number of para-hydroxylation sites is 1. The van der Waals surface area contributed by atoms with Crippen molar-refractivity contribution in [3.05, 3.63) is 48.4 Å². The first-order valence-corrected chi connectivity index (χ1v) is 6.36. The van der Waals surface area contributed by atoms with Crippen LogP contribution in [0, 0.1) is 0 Å². The average Bonchev–Trinajstić information content (AvgIpc) is 2.80. The molecule has 0 unspecified atom stereocenters. The molecule has 0 bridgehead atoms. The molecule has 0 aliphatic heterocycles. The van der Waals surface area contributed by atoms with Gasteiger partial charge < -0.3 is 9.52 Å². The van der Waals surface area contributed by atoms with E-state index >= 15 is 0 Å². The minimum absolute atomic E-state index is 0.118. The van der Waals surface area contributed by atoms with Crippen LogP contribution in [0.3, 0.4) is 0 Å². The molecule has 1 aromatic heterocycles. The Balaban J connectivity index is 2.17. The molecule has 0 fully saturated rings. The Bertz CT molecular complexity index is 590. The van der Waals surface area contributed by atoms with Crippen molar-refractivity contribution in [2.45, 2.75) is 11.4 Å². The van der Waals surface area contributed by atoms with Gasteiger partial charge in [0.05, 0.1) is 12.5 Å². The van der Waals surface area contributed by atoms with Crippen molar-refractivity contribution in [3.8, 4) is 5.75 Å². The number of benzene rings is 1. The van der Waals surface area contributed by atoms with Gasteiger partial charge in [-0.15, -0.1) is 0 Å². The molecule has 1 aromatic carbocycles. The standard InChI is InChI=1S/C11H11NO4S/c13-10-3-1-2-4-11(10)17(14,15)12-7-9-5-6-16-8-9/h1-6,8,12-13H,7H2. The molecule has 6 heteroatoms. The van der Waals surface area contributed by atoms with E-state index in [1.54, 1.807) is 18.2 Å². The SMILES string of the molecule is O=S(=O)(NCc1ccoc1)c1ccccc1O. The minimum atomic E-state index is -3.71. The lowest BCUT2D eigenvalue weighted by Crippen LogP contribution is -2.23. The quantitative estimate of drug-likeness (QED) is 0.864. The first-order valence-electron chi connectivity index (χ1n) is 4.88. The molecule has 0 aliphatic carbocycles. The molecule has 0 atom stereocenters. The van der Waals surface area contributed by atoms with E-state index in [1.165, 1.54) is 24.7 Å². The van der Waals surface area contributed by atoms with Gasteiger partial charge in [-0.05, 0) is 18.2 Å². The second kappa shape index (κ2) is 4.60. The zero-order valence-corrected chi connectivity index (χ0v) is 9.65. The zero-order valence-electron chi connectivity index (χ0n) is 8.83. The molecule has 17 heavy (non-hydrogen) atoms. The Morgan fingerprint density at radius 1 is 1.24 bits per heavy atom. The Hall–Kier alpha value is -1.79. The topological polar surface area (TPSA) is 79.5 Å². The Labute approximate surface area is 98.8 Å². The van der Waals surface area contributed by atoms with Crippen molar-refractivity contribution in [1.82, 2.24) is 4.72 Å². The monoisotopic (exact) mass is 253 g/mol. The third kappa shape index (κ3) is 2.66. The summed E-state index contributed by atoms with van der Waals surface area (Å²) in [5.74, 6) is -0.271. The van der Waals surface area contributed by atoms with Gasteiger partial charge >= 0.3 is 0 Å². The van der Waals surface area contributed by atoms with Crippen molar-refractivity contribution < 1.29 is 17.9 Å². The number of hydrogen-bond acceptors (Lipinski definition) is 4. The lowest BCUT2D eigenvalue weighted by Gasteiger charge is -2.06. The number of sulfonamides is 1. The average molecular weight is 253 g/mol. The van der Waals surface area contributed by atoms with Crippen LogP contribution in [0.5, 0.6) is 5.75 Å². The van der Waals surface area contributed by atoms with Crippen LogP contribution < -0.4 is 4.72 Å². The summed E-state index contributed by atoms with van der Waals surface area (Å²) in [5.41, 5.74) is 0.712. The molecule has 90 valence electrons. The molecule has 2 rings (SSSR count). The Kier molecular flexibility index (Phi) is 3.16. The van der Waals surface area contributed by atoms with Crippen LogP contribution in [-0.4, -0.2) is 13.5 Å². The fraction of sp³-hybridized carbons (Fsp3) is 0.0909. The second-order valence-electron chi connectivity index (χ2n) is 3.42. The van der Waals surface area contributed by atoms with Gasteiger partial charge in [-0.1, -0.05) is 12.1 Å². The Morgan fingerprint density at radius 2 is 2.00 bits per heavy atom. The van der Waals surface area contributed by atoms with Gasteiger partial charge in [-0.3, -0.25) is 0 Å². The van der Waals surface area contributed by atoms with Crippen LogP contribution >= 0.6 is 0 Å². The smallest absolute Gasteiger partial charge is 0.244 e. The molecule has 0 amide bonds. The summed E-state index contributed by atoms with van der Waals surface area (Å²) in [7, 11) is -3.71. The summed E-state index contributed by atoms with van der Waals surface area (Å²) >= 11 is 0. The number of phenols is 1. The van der Waals surface area contributed by atoms with Gasteiger partial charge in [0.1, 0.15) is 10.6 Å². The highest BCUT2D eigenvalue weighted by Crippen LogP contribution is 2.21. The van der Waals surface area contributed by atoms with Crippen molar-refractivity contribution in [3.63, 3.8) is 0 Å². The van der Waals surface area contributed by atoms with Gasteiger partial charge in [0.15, 0.2) is 0 Å². The lowest BCUT2D eigenvalue weighted by atomic mass is 10.3. The maximum Gasteiger partial charge on any atom is 0.244 e. The normalized spacial score (nSPS) is 11.5. The van der Waals surface area contributed by atoms with Crippen LogP contribution in [0.25, 0.3) is 0 Å². The van der Waals surface area contributed by atoms with Crippen molar-refractivity contribution >= 4 is 10.0 Å². The number of furan rings is 1. The summed E-state index contributed by atoms with van der Waals surface area (Å²) in [6.45, 7) is 0.118. The van der Waals surface area contributed by atoms with E-state index in [1.807, 2.05) is 0 Å². The molecule has 5 nitrogen and oxygen atoms in total. The summed E-state index contributed by atoms with van der Waals surface area (Å²) < 4.78 is 30.9. The third-order valence-corrected chi connectivity index (χ3v) is 3.65. The molecule has 1 heterocycles. The number of nitrogens with one attached hydrogen (secondary N) is 1. The van der Waals surface area contributed by atoms with Gasteiger partial charge in [0, 0.05) is 12.1 Å². The van der Waals surface area contributed by atoms with Crippen LogP contribution in [0.4, 0.5) is 0 Å². The van der Waals surface area contributed by atoms with Gasteiger partial charge in [-0.2, -0.15) is 0 Å². The molecular weight excluding hydrogens is 242 g/mol. The van der Waals surface area contributed by atoms with Crippen LogP contribution in [-0.2, 0) is 16.6 Å². The highest BCUT2D eigenvalue weighted by atomic mass is 32.2. The zero-order chi connectivity index (χ0) is 12.3. The van der Waals surface area contributed by atoms with E-state index < -0.39 is 10.0 Å². The van der Waals surface area contributed by atoms with E-state index in [9.17, 15) is 13.5 Å². The van der Waals surface area contributed by atoms with Gasteiger partial charge in [-0.25, -0.2) is 13.1 Å². The maximum atomic E-state index is 11.8. The fourth-order valence-electron chi connectivity index (χ4n) is 1.33. The van der Waals surface area contributed by atoms with Crippen molar-refractivity contribution in [1.29, 1.82) is 0 Å². The number of phenolic OH excluding ortho intramolecular Hbond substituents is 1. The molecule has 2 aromatic rings. The van der Waals surface area contributed by atoms with Crippen molar-refractivity contribution in [2.24, 2.45) is 0 Å². The molecule has 0 radical (unpaired) electrons. The first-order chi connectivity index (χ1) is 8.09. The van der Waals surface area contributed by atoms with Crippen LogP contribution in [0.2, 0.25) is 0 Å². The van der Waals surface area contributed by atoms with E-state index in [-0.39, 0.29) is 17.2 Å². The van der Waals surface area contributed by atoms with Gasteiger partial charge in [0.2, 0.25) is 10.0 Å². The fourth-order valence-corrected chi connectivity index (χ4v) is 2.45. The lowest BCUT2D eigenvalue weighted by molar-refractivity contribution is 0.458. The summed E-state index contributed by atoms with van der Waals surface area (Å²) in [5, 5.41) is 9.47. The summed E-state index contributed by atoms with van der Waals surface area (Å²) in [6, 6.07) is 7.43. The molecule has 0 saturated heterocycles. The van der Waals surface area contributed by atoms with E-state index in [4.69, 9.17) is 4.42 Å². The maximum absolute atomic E-state index is 11.8. The summed E-state index contributed by atoms with van der Waals surface area (Å²) in [4.78, 5) is -0.136. The minimum Gasteiger partial charge on any atom is -0.507 e. The Morgan fingerprint density at radius 3 is 2.65 bits per heavy atom. The van der Waals surface area contributed by atoms with E-state index in [0.717, 1.165) is 0 Å². The van der Waals surface area contributed by atoms with Crippen molar-refractivity contribution in [2.75, 3.05) is 0 Å². The predicted octanol–water partition coefficient (Wildman–Crippen LogP) is 1.46. The van der Waals surface area contributed by atoms with Gasteiger partial charge in [0.25, 0.3) is 0 Å². The predicted molar refractivity (Wildman–Crippen MR) is 60.8 cm³/mol. The number of aromatic hydroxyl groups is 1. The second-order valence-corrected chi connectivity index (χ2v) is 5.16. The first kappa shape index (κ1) is 11.7. The molecule has 0 saturated carbocycles. The molecule has 0 aliphatic rings. The largest absolute Gasteiger partial charge is 0.507 e. The highest BCUT2D eigenvalue weighted by Gasteiger charge is 2.17. The van der Waals surface area contributed by atoms with Crippen LogP contribution in [0.1, 0.15) is 5.56 Å². The molecule has 2 N–H and O–H groups in total. The van der Waals surface area contributed by atoms with E-state index in [2.05, 4.69) is 4.72 Å². The van der Waals surface area contributed by atoms with E-state index in [0.29, 0.717) is 5.56 Å². The number of hydrogen-bond donors (Lipinski definition) is 2. The molecular formula is C11H11NO4S. The third-order valence-electron chi connectivity index (χ3n) is 2.20.